The van der Waals surface area contributed by atoms with E-state index in [4.69, 9.17) is 4.74 Å². The number of rotatable bonds is 7. The zero-order valence-corrected chi connectivity index (χ0v) is 13.3. The van der Waals surface area contributed by atoms with Gasteiger partial charge in [-0.1, -0.05) is 27.2 Å². The SMILES string of the molecule is CCCC1NC(=O)C(C)N(C(COCC)C(C)C)C1=O. The van der Waals surface area contributed by atoms with E-state index in [0.717, 1.165) is 6.42 Å². The molecule has 0 aromatic rings. The maximum Gasteiger partial charge on any atom is 0.246 e. The van der Waals surface area contributed by atoms with Crippen LogP contribution in [0.2, 0.25) is 0 Å². The van der Waals surface area contributed by atoms with Crippen LogP contribution in [0, 0.1) is 5.92 Å². The van der Waals surface area contributed by atoms with Gasteiger partial charge in [-0.05, 0) is 26.2 Å². The Balaban J connectivity index is 2.95. The average Bonchev–Trinajstić information content (AvgIpc) is 2.39. The third-order valence-electron chi connectivity index (χ3n) is 3.86. The Hall–Kier alpha value is -1.10. The van der Waals surface area contributed by atoms with Gasteiger partial charge in [0.2, 0.25) is 11.8 Å². The second kappa shape index (κ2) is 7.62. The van der Waals surface area contributed by atoms with Gasteiger partial charge in [0, 0.05) is 6.61 Å². The standard InChI is InChI=1S/C15H28N2O3/c1-6-8-12-15(19)17(11(5)14(18)16-12)13(10(3)4)9-20-7-2/h10-13H,6-9H2,1-5H3,(H,16,18). The molecule has 0 spiro atoms. The van der Waals surface area contributed by atoms with E-state index < -0.39 is 6.04 Å². The molecule has 1 rings (SSSR count). The van der Waals surface area contributed by atoms with E-state index in [-0.39, 0.29) is 29.8 Å². The lowest BCUT2D eigenvalue weighted by Gasteiger charge is -2.43. The number of piperazine rings is 1. The summed E-state index contributed by atoms with van der Waals surface area (Å²) in [7, 11) is 0. The molecule has 0 bridgehead atoms. The first-order chi connectivity index (χ1) is 9.43. The molecule has 1 fully saturated rings. The van der Waals surface area contributed by atoms with Crippen LogP contribution in [0.3, 0.4) is 0 Å². The molecule has 5 heteroatoms. The summed E-state index contributed by atoms with van der Waals surface area (Å²) in [6.07, 6.45) is 1.56. The van der Waals surface area contributed by atoms with Gasteiger partial charge in [-0.25, -0.2) is 0 Å². The van der Waals surface area contributed by atoms with E-state index in [1.165, 1.54) is 0 Å². The zero-order chi connectivity index (χ0) is 15.3. The van der Waals surface area contributed by atoms with Gasteiger partial charge in [-0.3, -0.25) is 9.59 Å². The lowest BCUT2D eigenvalue weighted by atomic mass is 9.96. The molecule has 0 radical (unpaired) electrons. The van der Waals surface area contributed by atoms with Crippen LogP contribution in [0.25, 0.3) is 0 Å². The van der Waals surface area contributed by atoms with Gasteiger partial charge in [-0.2, -0.15) is 0 Å². The van der Waals surface area contributed by atoms with Crippen molar-refractivity contribution >= 4 is 11.8 Å². The Morgan fingerprint density at radius 3 is 2.45 bits per heavy atom. The monoisotopic (exact) mass is 284 g/mol. The predicted molar refractivity (Wildman–Crippen MR) is 78.3 cm³/mol. The van der Waals surface area contributed by atoms with Crippen LogP contribution in [0.1, 0.15) is 47.5 Å². The molecule has 0 saturated carbocycles. The molecule has 1 saturated heterocycles. The first-order valence-corrected chi connectivity index (χ1v) is 7.64. The first-order valence-electron chi connectivity index (χ1n) is 7.64. The van der Waals surface area contributed by atoms with Crippen molar-refractivity contribution in [2.45, 2.75) is 65.6 Å². The normalized spacial score (nSPS) is 25.0. The topological polar surface area (TPSA) is 58.6 Å². The van der Waals surface area contributed by atoms with E-state index in [2.05, 4.69) is 19.2 Å². The summed E-state index contributed by atoms with van der Waals surface area (Å²) >= 11 is 0. The highest BCUT2D eigenvalue weighted by molar-refractivity contribution is 5.96. The van der Waals surface area contributed by atoms with Gasteiger partial charge < -0.3 is 15.0 Å². The summed E-state index contributed by atoms with van der Waals surface area (Å²) < 4.78 is 5.51. The number of amides is 2. The minimum atomic E-state index is -0.427. The fourth-order valence-electron chi connectivity index (χ4n) is 2.62. The summed E-state index contributed by atoms with van der Waals surface area (Å²) in [4.78, 5) is 26.5. The second-order valence-electron chi connectivity index (χ2n) is 5.74. The van der Waals surface area contributed by atoms with Crippen LogP contribution in [0.4, 0.5) is 0 Å². The molecule has 20 heavy (non-hydrogen) atoms. The number of carbonyl (C=O) groups excluding carboxylic acids is 2. The Morgan fingerprint density at radius 1 is 1.30 bits per heavy atom. The molecule has 3 atom stereocenters. The van der Waals surface area contributed by atoms with E-state index in [1.807, 2.05) is 13.8 Å². The van der Waals surface area contributed by atoms with Gasteiger partial charge in [0.15, 0.2) is 0 Å². The molecule has 0 aromatic heterocycles. The molecule has 2 amide bonds. The van der Waals surface area contributed by atoms with Crippen LogP contribution in [-0.2, 0) is 14.3 Å². The summed E-state index contributed by atoms with van der Waals surface area (Å²) in [5.41, 5.74) is 0. The van der Waals surface area contributed by atoms with Crippen molar-refractivity contribution in [3.63, 3.8) is 0 Å². The Morgan fingerprint density at radius 2 is 1.95 bits per heavy atom. The lowest BCUT2D eigenvalue weighted by Crippen LogP contribution is -2.66. The highest BCUT2D eigenvalue weighted by atomic mass is 16.5. The smallest absolute Gasteiger partial charge is 0.246 e. The number of ether oxygens (including phenoxy) is 1. The molecule has 1 aliphatic rings. The van der Waals surface area contributed by atoms with Gasteiger partial charge in [0.25, 0.3) is 0 Å². The molecule has 0 aliphatic carbocycles. The molecular weight excluding hydrogens is 256 g/mol. The summed E-state index contributed by atoms with van der Waals surface area (Å²) in [5.74, 6) is 0.212. The molecule has 3 unspecified atom stereocenters. The fraction of sp³-hybridized carbons (Fsp3) is 0.867. The average molecular weight is 284 g/mol. The maximum atomic E-state index is 12.6. The third kappa shape index (κ3) is 3.72. The highest BCUT2D eigenvalue weighted by Crippen LogP contribution is 2.21. The quantitative estimate of drug-likeness (QED) is 0.772. The third-order valence-corrected chi connectivity index (χ3v) is 3.86. The summed E-state index contributed by atoms with van der Waals surface area (Å²) in [5, 5.41) is 2.83. The largest absolute Gasteiger partial charge is 0.380 e. The van der Waals surface area contributed by atoms with Crippen LogP contribution < -0.4 is 5.32 Å². The predicted octanol–water partition coefficient (Wildman–Crippen LogP) is 1.56. The number of carbonyl (C=O) groups is 2. The second-order valence-corrected chi connectivity index (χ2v) is 5.74. The van der Waals surface area contributed by atoms with Gasteiger partial charge in [0.1, 0.15) is 12.1 Å². The zero-order valence-electron chi connectivity index (χ0n) is 13.3. The van der Waals surface area contributed by atoms with Crippen LogP contribution in [-0.4, -0.2) is 48.1 Å². The van der Waals surface area contributed by atoms with Crippen molar-refractivity contribution in [2.24, 2.45) is 5.92 Å². The van der Waals surface area contributed by atoms with Crippen molar-refractivity contribution in [1.29, 1.82) is 0 Å². The molecular formula is C15H28N2O3. The van der Waals surface area contributed by atoms with Crippen molar-refractivity contribution in [1.82, 2.24) is 10.2 Å². The van der Waals surface area contributed by atoms with Crippen molar-refractivity contribution in [3.8, 4) is 0 Å². The Labute approximate surface area is 122 Å². The molecule has 0 aromatic carbocycles. The number of hydrogen-bond acceptors (Lipinski definition) is 3. The van der Waals surface area contributed by atoms with E-state index in [9.17, 15) is 9.59 Å². The van der Waals surface area contributed by atoms with Crippen LogP contribution in [0.15, 0.2) is 0 Å². The van der Waals surface area contributed by atoms with Gasteiger partial charge in [0.05, 0.1) is 12.6 Å². The Kier molecular flexibility index (Phi) is 6.46. The number of nitrogens with one attached hydrogen (secondary N) is 1. The van der Waals surface area contributed by atoms with Crippen molar-refractivity contribution in [2.75, 3.05) is 13.2 Å². The lowest BCUT2D eigenvalue weighted by molar-refractivity contribution is -0.154. The molecule has 1 aliphatic heterocycles. The minimum Gasteiger partial charge on any atom is -0.380 e. The minimum absolute atomic E-state index is 0.0253. The number of hydrogen-bond donors (Lipinski definition) is 1. The summed E-state index contributed by atoms with van der Waals surface area (Å²) in [6.45, 7) is 11.0. The molecule has 116 valence electrons. The van der Waals surface area contributed by atoms with E-state index in [1.54, 1.807) is 11.8 Å². The Bertz CT molecular complexity index is 344. The van der Waals surface area contributed by atoms with Crippen molar-refractivity contribution in [3.05, 3.63) is 0 Å². The van der Waals surface area contributed by atoms with Gasteiger partial charge >= 0.3 is 0 Å². The molecule has 1 heterocycles. The van der Waals surface area contributed by atoms with E-state index in [0.29, 0.717) is 19.6 Å². The van der Waals surface area contributed by atoms with E-state index >= 15 is 0 Å². The molecule has 1 N–H and O–H groups in total. The van der Waals surface area contributed by atoms with Gasteiger partial charge in [-0.15, -0.1) is 0 Å². The van der Waals surface area contributed by atoms with Crippen molar-refractivity contribution < 1.29 is 14.3 Å². The van der Waals surface area contributed by atoms with Crippen LogP contribution >= 0.6 is 0 Å². The molecule has 5 nitrogen and oxygen atoms in total. The fourth-order valence-corrected chi connectivity index (χ4v) is 2.62. The highest BCUT2D eigenvalue weighted by Gasteiger charge is 2.41. The van der Waals surface area contributed by atoms with Crippen LogP contribution in [0.5, 0.6) is 0 Å². The first kappa shape index (κ1) is 17.0. The summed E-state index contributed by atoms with van der Waals surface area (Å²) in [6, 6.07) is -0.863. The number of nitrogens with zero attached hydrogens (tertiary/aromatic N) is 1. The maximum absolute atomic E-state index is 12.6.